The lowest BCUT2D eigenvalue weighted by atomic mass is 9.88. The predicted octanol–water partition coefficient (Wildman–Crippen LogP) is 6.05. The lowest BCUT2D eigenvalue weighted by Gasteiger charge is -2.16. The predicted molar refractivity (Wildman–Crippen MR) is 123 cm³/mol. The van der Waals surface area contributed by atoms with E-state index in [1.807, 2.05) is 55.6 Å². The first kappa shape index (κ1) is 19.6. The molecule has 0 aliphatic heterocycles. The van der Waals surface area contributed by atoms with Crippen molar-refractivity contribution in [1.29, 1.82) is 0 Å². The van der Waals surface area contributed by atoms with Crippen molar-refractivity contribution < 1.29 is 14.1 Å². The third kappa shape index (κ3) is 3.43. The van der Waals surface area contributed by atoms with Gasteiger partial charge in [0.05, 0.1) is 12.0 Å². The fourth-order valence-electron chi connectivity index (χ4n) is 4.06. The molecule has 2 aromatic heterocycles. The van der Waals surface area contributed by atoms with Crippen molar-refractivity contribution >= 4 is 22.9 Å². The van der Waals surface area contributed by atoms with Gasteiger partial charge in [-0.1, -0.05) is 17.3 Å². The summed E-state index contributed by atoms with van der Waals surface area (Å²) >= 11 is 1.45. The van der Waals surface area contributed by atoms with Gasteiger partial charge in [0.2, 0.25) is 0 Å². The molecule has 0 saturated carbocycles. The van der Waals surface area contributed by atoms with Crippen molar-refractivity contribution in [3.05, 3.63) is 75.0 Å². The number of thiophene rings is 1. The SMILES string of the molecule is COc1ccc2c(c1)CCc1c-2noc1-c1ccc(C)c(NC(=O)c2sccc2C)c1. The zero-order chi connectivity index (χ0) is 21.5. The molecule has 2 heterocycles. The van der Waals surface area contributed by atoms with Crippen LogP contribution in [0.3, 0.4) is 0 Å². The summed E-state index contributed by atoms with van der Waals surface area (Å²) in [6, 6.07) is 14.0. The first-order valence-electron chi connectivity index (χ1n) is 10.2. The van der Waals surface area contributed by atoms with Crippen LogP contribution < -0.4 is 10.1 Å². The van der Waals surface area contributed by atoms with Gasteiger partial charge >= 0.3 is 0 Å². The van der Waals surface area contributed by atoms with Gasteiger partial charge in [-0.15, -0.1) is 11.3 Å². The third-order valence-corrected chi connectivity index (χ3v) is 6.83. The summed E-state index contributed by atoms with van der Waals surface area (Å²) in [6.45, 7) is 3.93. The van der Waals surface area contributed by atoms with Crippen molar-refractivity contribution in [3.63, 3.8) is 0 Å². The molecule has 1 amide bonds. The largest absolute Gasteiger partial charge is 0.497 e. The van der Waals surface area contributed by atoms with Gasteiger partial charge in [-0.2, -0.15) is 0 Å². The van der Waals surface area contributed by atoms with E-state index in [4.69, 9.17) is 9.26 Å². The molecular weight excluding hydrogens is 408 g/mol. The molecule has 0 radical (unpaired) electrons. The monoisotopic (exact) mass is 430 g/mol. The van der Waals surface area contributed by atoms with E-state index in [0.717, 1.165) is 68.4 Å². The van der Waals surface area contributed by atoms with Crippen LogP contribution in [0.5, 0.6) is 5.75 Å². The number of hydrogen-bond donors (Lipinski definition) is 1. The number of fused-ring (bicyclic) bond motifs is 3. The Kier molecular flexibility index (Phi) is 4.87. The minimum atomic E-state index is -0.0878. The molecule has 31 heavy (non-hydrogen) atoms. The number of aryl methyl sites for hydroxylation is 3. The number of anilines is 1. The maximum absolute atomic E-state index is 12.7. The number of nitrogens with one attached hydrogen (secondary N) is 1. The van der Waals surface area contributed by atoms with Gasteiger partial charge in [-0.25, -0.2) is 0 Å². The van der Waals surface area contributed by atoms with Gasteiger partial charge in [-0.05, 0) is 79.1 Å². The second-order valence-electron chi connectivity index (χ2n) is 7.78. The Morgan fingerprint density at radius 3 is 2.74 bits per heavy atom. The zero-order valence-corrected chi connectivity index (χ0v) is 18.4. The number of rotatable bonds is 4. The lowest BCUT2D eigenvalue weighted by molar-refractivity contribution is 0.103. The number of ether oxygens (including phenoxy) is 1. The smallest absolute Gasteiger partial charge is 0.266 e. The second kappa shape index (κ2) is 7.71. The number of amides is 1. The van der Waals surface area contributed by atoms with Crippen molar-refractivity contribution in [2.24, 2.45) is 0 Å². The molecule has 4 aromatic rings. The quantitative estimate of drug-likeness (QED) is 0.428. The van der Waals surface area contributed by atoms with Crippen LogP contribution in [0.2, 0.25) is 0 Å². The summed E-state index contributed by atoms with van der Waals surface area (Å²) < 4.78 is 11.2. The van der Waals surface area contributed by atoms with E-state index < -0.39 is 0 Å². The Morgan fingerprint density at radius 1 is 1.10 bits per heavy atom. The van der Waals surface area contributed by atoms with Crippen molar-refractivity contribution in [2.45, 2.75) is 26.7 Å². The van der Waals surface area contributed by atoms with Crippen LogP contribution in [0.1, 0.15) is 31.9 Å². The lowest BCUT2D eigenvalue weighted by Crippen LogP contribution is -2.12. The highest BCUT2D eigenvalue weighted by molar-refractivity contribution is 7.12. The highest BCUT2D eigenvalue weighted by Gasteiger charge is 2.25. The number of carbonyl (C=O) groups is 1. The molecule has 1 N–H and O–H groups in total. The molecule has 0 spiro atoms. The van der Waals surface area contributed by atoms with Crippen molar-refractivity contribution in [2.75, 3.05) is 12.4 Å². The first-order valence-corrected chi connectivity index (χ1v) is 11.1. The van der Waals surface area contributed by atoms with Gasteiger partial charge in [0.15, 0.2) is 5.76 Å². The average Bonchev–Trinajstić information content (AvgIpc) is 3.41. The van der Waals surface area contributed by atoms with Crippen LogP contribution in [-0.4, -0.2) is 18.2 Å². The van der Waals surface area contributed by atoms with Gasteiger partial charge in [-0.3, -0.25) is 4.79 Å². The van der Waals surface area contributed by atoms with Gasteiger partial charge in [0.1, 0.15) is 11.4 Å². The summed E-state index contributed by atoms with van der Waals surface area (Å²) in [7, 11) is 1.68. The van der Waals surface area contributed by atoms with E-state index >= 15 is 0 Å². The number of carbonyl (C=O) groups excluding carboxylic acids is 1. The topological polar surface area (TPSA) is 64.4 Å². The van der Waals surface area contributed by atoms with E-state index in [1.54, 1.807) is 7.11 Å². The number of benzene rings is 2. The fraction of sp³-hybridized carbons (Fsp3) is 0.200. The molecule has 156 valence electrons. The molecule has 0 atom stereocenters. The van der Waals surface area contributed by atoms with Crippen LogP contribution in [0.4, 0.5) is 5.69 Å². The van der Waals surface area contributed by atoms with Crippen LogP contribution in [0.15, 0.2) is 52.4 Å². The van der Waals surface area contributed by atoms with Crippen molar-refractivity contribution in [3.8, 4) is 28.3 Å². The van der Waals surface area contributed by atoms with Gasteiger partial charge in [0, 0.05) is 22.4 Å². The molecule has 0 unspecified atom stereocenters. The molecule has 0 fully saturated rings. The summed E-state index contributed by atoms with van der Waals surface area (Å²) in [5.74, 6) is 1.53. The highest BCUT2D eigenvalue weighted by atomic mass is 32.1. The molecular formula is C25H22N2O3S. The van der Waals surface area contributed by atoms with E-state index in [0.29, 0.717) is 0 Å². The Morgan fingerprint density at radius 2 is 1.97 bits per heavy atom. The maximum Gasteiger partial charge on any atom is 0.266 e. The Balaban J connectivity index is 1.50. The summed E-state index contributed by atoms with van der Waals surface area (Å²) in [5, 5.41) is 9.39. The van der Waals surface area contributed by atoms with E-state index in [2.05, 4.69) is 16.5 Å². The molecule has 2 aromatic carbocycles. The minimum Gasteiger partial charge on any atom is -0.497 e. The zero-order valence-electron chi connectivity index (χ0n) is 17.6. The molecule has 0 saturated heterocycles. The van der Waals surface area contributed by atoms with Crippen molar-refractivity contribution in [1.82, 2.24) is 5.16 Å². The first-order chi connectivity index (χ1) is 15.0. The molecule has 5 nitrogen and oxygen atoms in total. The van der Waals surface area contributed by atoms with E-state index in [9.17, 15) is 4.79 Å². The summed E-state index contributed by atoms with van der Waals surface area (Å²) in [5.41, 5.74) is 7.97. The van der Waals surface area contributed by atoms with Crippen LogP contribution >= 0.6 is 11.3 Å². The fourth-order valence-corrected chi connectivity index (χ4v) is 4.88. The van der Waals surface area contributed by atoms with E-state index in [-0.39, 0.29) is 5.91 Å². The molecule has 1 aliphatic carbocycles. The highest BCUT2D eigenvalue weighted by Crippen LogP contribution is 2.40. The third-order valence-electron chi connectivity index (χ3n) is 5.82. The summed E-state index contributed by atoms with van der Waals surface area (Å²) in [4.78, 5) is 13.5. The van der Waals surface area contributed by atoms with E-state index in [1.165, 1.54) is 16.9 Å². The van der Waals surface area contributed by atoms with Crippen LogP contribution in [0.25, 0.3) is 22.6 Å². The van der Waals surface area contributed by atoms with Crippen LogP contribution in [-0.2, 0) is 12.8 Å². The molecule has 5 rings (SSSR count). The molecule has 0 bridgehead atoms. The second-order valence-corrected chi connectivity index (χ2v) is 8.69. The average molecular weight is 431 g/mol. The number of aromatic nitrogens is 1. The summed E-state index contributed by atoms with van der Waals surface area (Å²) in [6.07, 6.45) is 1.75. The molecule has 1 aliphatic rings. The number of nitrogens with zero attached hydrogens (tertiary/aromatic N) is 1. The number of methoxy groups -OCH3 is 1. The number of hydrogen-bond acceptors (Lipinski definition) is 5. The maximum atomic E-state index is 12.7. The normalized spacial score (nSPS) is 12.2. The Labute approximate surface area is 184 Å². The van der Waals surface area contributed by atoms with Crippen LogP contribution in [0, 0.1) is 13.8 Å². The minimum absolute atomic E-state index is 0.0878. The van der Waals surface area contributed by atoms with Gasteiger partial charge in [0.25, 0.3) is 5.91 Å². The Hall–Kier alpha value is -3.38. The Bertz CT molecular complexity index is 1300. The van der Waals surface area contributed by atoms with Gasteiger partial charge < -0.3 is 14.6 Å². The standard InChI is InChI=1S/C25H22N2O3S/c1-14-4-5-17(13-21(14)26-25(28)24-15(2)10-11-31-24)23-20-8-6-16-12-18(29-3)7-9-19(16)22(20)27-30-23/h4-5,7,9-13H,6,8H2,1-3H3,(H,26,28). The molecule has 6 heteroatoms.